The molecule has 33 heavy (non-hydrogen) atoms. The Morgan fingerprint density at radius 1 is 1.24 bits per heavy atom. The molecule has 1 aromatic heterocycles. The van der Waals surface area contributed by atoms with Gasteiger partial charge in [0.25, 0.3) is 5.91 Å². The summed E-state index contributed by atoms with van der Waals surface area (Å²) in [6.45, 7) is 7.64. The van der Waals surface area contributed by atoms with Crippen LogP contribution in [0.15, 0.2) is 18.3 Å². The van der Waals surface area contributed by atoms with E-state index in [2.05, 4.69) is 39.7 Å². The van der Waals surface area contributed by atoms with Crippen LogP contribution in [-0.2, 0) is 9.59 Å². The van der Waals surface area contributed by atoms with Crippen molar-refractivity contribution in [2.45, 2.75) is 76.6 Å². The molecule has 0 bridgehead atoms. The number of nitrogens with zero attached hydrogens (tertiary/aromatic N) is 2. The number of carbonyl (C=O) groups excluding carboxylic acids is 3. The summed E-state index contributed by atoms with van der Waals surface area (Å²) in [6.07, 6.45) is 7.57. The number of pyridine rings is 1. The zero-order valence-corrected chi connectivity index (χ0v) is 19.6. The van der Waals surface area contributed by atoms with Gasteiger partial charge in [-0.1, -0.05) is 0 Å². The van der Waals surface area contributed by atoms with Crippen molar-refractivity contribution in [2.75, 3.05) is 19.6 Å². The van der Waals surface area contributed by atoms with Gasteiger partial charge < -0.3 is 15.4 Å². The van der Waals surface area contributed by atoms with Crippen LogP contribution >= 0.6 is 0 Å². The summed E-state index contributed by atoms with van der Waals surface area (Å²) in [7, 11) is 0. The highest BCUT2D eigenvalue weighted by Gasteiger charge is 2.46. The SMILES string of the molecule is CC(C)N(CC1CCNCC1)C1(Oc2ccc(C(=O)NC3CCC(=O)NC3=O)nc2)CCC1. The van der Waals surface area contributed by atoms with E-state index in [1.165, 1.54) is 12.8 Å². The van der Waals surface area contributed by atoms with Gasteiger partial charge in [-0.2, -0.15) is 0 Å². The van der Waals surface area contributed by atoms with Crippen LogP contribution in [0.2, 0.25) is 0 Å². The molecule has 9 nitrogen and oxygen atoms in total. The maximum Gasteiger partial charge on any atom is 0.270 e. The summed E-state index contributed by atoms with van der Waals surface area (Å²) in [4.78, 5) is 42.5. The molecule has 9 heteroatoms. The number of aromatic nitrogens is 1. The molecule has 1 aliphatic carbocycles. The highest BCUT2D eigenvalue weighted by atomic mass is 16.5. The Labute approximate surface area is 195 Å². The first kappa shape index (κ1) is 23.6. The summed E-state index contributed by atoms with van der Waals surface area (Å²) in [6, 6.07) is 3.04. The average molecular weight is 458 g/mol. The number of nitrogens with one attached hydrogen (secondary N) is 3. The van der Waals surface area contributed by atoms with Gasteiger partial charge in [-0.15, -0.1) is 0 Å². The third kappa shape index (κ3) is 5.52. The van der Waals surface area contributed by atoms with Crippen LogP contribution in [0.1, 0.15) is 69.3 Å². The summed E-state index contributed by atoms with van der Waals surface area (Å²) in [5.74, 6) is 0.0817. The molecule has 3 fully saturated rings. The number of carbonyl (C=O) groups is 3. The lowest BCUT2D eigenvalue weighted by Gasteiger charge is -2.52. The predicted molar refractivity (Wildman–Crippen MR) is 123 cm³/mol. The summed E-state index contributed by atoms with van der Waals surface area (Å²) in [5, 5.41) is 8.34. The number of amides is 3. The Balaban J connectivity index is 1.39. The van der Waals surface area contributed by atoms with Gasteiger partial charge in [0.1, 0.15) is 17.5 Å². The van der Waals surface area contributed by atoms with Crippen molar-refractivity contribution >= 4 is 17.7 Å². The molecule has 3 N–H and O–H groups in total. The molecule has 1 atom stereocenters. The third-order valence-electron chi connectivity index (χ3n) is 7.02. The largest absolute Gasteiger partial charge is 0.471 e. The van der Waals surface area contributed by atoms with Crippen molar-refractivity contribution in [1.82, 2.24) is 25.8 Å². The van der Waals surface area contributed by atoms with Crippen molar-refractivity contribution in [3.05, 3.63) is 24.0 Å². The van der Waals surface area contributed by atoms with Crippen LogP contribution < -0.4 is 20.7 Å². The Bertz CT molecular complexity index is 862. The zero-order chi connectivity index (χ0) is 23.4. The molecule has 0 aromatic carbocycles. The fraction of sp³-hybridized carbons (Fsp3) is 0.667. The molecule has 2 aliphatic heterocycles. The second-order valence-electron chi connectivity index (χ2n) is 9.70. The molecule has 0 radical (unpaired) electrons. The van der Waals surface area contributed by atoms with E-state index in [0.29, 0.717) is 24.1 Å². The molecule has 0 spiro atoms. The van der Waals surface area contributed by atoms with E-state index in [1.807, 2.05) is 0 Å². The monoisotopic (exact) mass is 457 g/mol. The van der Waals surface area contributed by atoms with Crippen LogP contribution in [0.3, 0.4) is 0 Å². The summed E-state index contributed by atoms with van der Waals surface area (Å²) < 4.78 is 6.53. The number of rotatable bonds is 8. The van der Waals surface area contributed by atoms with E-state index in [4.69, 9.17) is 4.74 Å². The van der Waals surface area contributed by atoms with Gasteiger partial charge in [0.15, 0.2) is 5.72 Å². The van der Waals surface area contributed by atoms with E-state index < -0.39 is 17.9 Å². The smallest absolute Gasteiger partial charge is 0.270 e. The first-order chi connectivity index (χ1) is 15.9. The molecule has 3 heterocycles. The van der Waals surface area contributed by atoms with Crippen LogP contribution in [-0.4, -0.2) is 65.0 Å². The van der Waals surface area contributed by atoms with Gasteiger partial charge >= 0.3 is 0 Å². The van der Waals surface area contributed by atoms with E-state index in [9.17, 15) is 14.4 Å². The average Bonchev–Trinajstić information content (AvgIpc) is 2.78. The number of hydrogen-bond acceptors (Lipinski definition) is 7. The Kier molecular flexibility index (Phi) is 7.29. The fourth-order valence-corrected chi connectivity index (χ4v) is 4.98. The van der Waals surface area contributed by atoms with Gasteiger partial charge in [-0.3, -0.25) is 24.6 Å². The topological polar surface area (TPSA) is 113 Å². The lowest BCUT2D eigenvalue weighted by Crippen LogP contribution is -2.61. The maximum atomic E-state index is 12.5. The van der Waals surface area contributed by atoms with Crippen LogP contribution in [0, 0.1) is 5.92 Å². The minimum atomic E-state index is -0.722. The third-order valence-corrected chi connectivity index (χ3v) is 7.02. The number of piperidine rings is 2. The predicted octanol–water partition coefficient (Wildman–Crippen LogP) is 1.59. The highest BCUT2D eigenvalue weighted by molar-refractivity contribution is 6.03. The standard InChI is InChI=1S/C24H35N5O4/c1-16(2)29(15-17-8-12-25-13-9-17)24(10-3-11-24)33-18-4-5-19(26-14-18)22(31)27-20-6-7-21(30)28-23(20)32/h4-5,14,16-17,20,25H,3,6-13,15H2,1-2H3,(H,27,31)(H,28,30,32). The minimum absolute atomic E-state index is 0.211. The Hall–Kier alpha value is -2.52. The van der Waals surface area contributed by atoms with Gasteiger partial charge in [0.05, 0.1) is 6.20 Å². The minimum Gasteiger partial charge on any atom is -0.471 e. The van der Waals surface area contributed by atoms with Crippen LogP contribution in [0.4, 0.5) is 0 Å². The van der Waals surface area contributed by atoms with Crippen molar-refractivity contribution in [1.29, 1.82) is 0 Å². The van der Waals surface area contributed by atoms with Crippen molar-refractivity contribution < 1.29 is 19.1 Å². The molecular weight excluding hydrogens is 422 g/mol. The Morgan fingerprint density at radius 3 is 2.58 bits per heavy atom. The molecule has 3 amide bonds. The second kappa shape index (κ2) is 10.2. The molecule has 4 rings (SSSR count). The number of ether oxygens (including phenoxy) is 1. The normalized spacial score (nSPS) is 23.2. The highest BCUT2D eigenvalue weighted by Crippen LogP contribution is 2.41. The second-order valence-corrected chi connectivity index (χ2v) is 9.70. The summed E-state index contributed by atoms with van der Waals surface area (Å²) in [5.41, 5.74) is -0.109. The number of hydrogen-bond donors (Lipinski definition) is 3. The Morgan fingerprint density at radius 2 is 2.00 bits per heavy atom. The fourth-order valence-electron chi connectivity index (χ4n) is 4.98. The van der Waals surface area contributed by atoms with E-state index in [1.54, 1.807) is 18.3 Å². The molecule has 1 aromatic rings. The summed E-state index contributed by atoms with van der Waals surface area (Å²) >= 11 is 0. The van der Waals surface area contributed by atoms with E-state index in [0.717, 1.165) is 38.9 Å². The lowest BCUT2D eigenvalue weighted by molar-refractivity contribution is -0.159. The van der Waals surface area contributed by atoms with Gasteiger partial charge in [-0.25, -0.2) is 4.98 Å². The van der Waals surface area contributed by atoms with Crippen molar-refractivity contribution in [3.63, 3.8) is 0 Å². The van der Waals surface area contributed by atoms with E-state index >= 15 is 0 Å². The molecule has 3 aliphatic rings. The van der Waals surface area contributed by atoms with Crippen molar-refractivity contribution in [3.8, 4) is 5.75 Å². The van der Waals surface area contributed by atoms with Crippen molar-refractivity contribution in [2.24, 2.45) is 5.92 Å². The van der Waals surface area contributed by atoms with Crippen LogP contribution in [0.5, 0.6) is 5.75 Å². The van der Waals surface area contributed by atoms with Crippen LogP contribution in [0.25, 0.3) is 0 Å². The molecular formula is C24H35N5O4. The molecule has 180 valence electrons. The van der Waals surface area contributed by atoms with Gasteiger partial charge in [0, 0.05) is 31.8 Å². The van der Waals surface area contributed by atoms with Gasteiger partial charge in [0.2, 0.25) is 11.8 Å². The van der Waals surface area contributed by atoms with Gasteiger partial charge in [-0.05, 0) is 70.7 Å². The lowest BCUT2D eigenvalue weighted by atomic mass is 9.83. The first-order valence-electron chi connectivity index (χ1n) is 12.1. The van der Waals surface area contributed by atoms with E-state index in [-0.39, 0.29) is 23.7 Å². The molecule has 2 saturated heterocycles. The number of imide groups is 1. The molecule has 1 unspecified atom stereocenters. The molecule has 1 saturated carbocycles. The maximum absolute atomic E-state index is 12.5. The first-order valence-corrected chi connectivity index (χ1v) is 12.1. The quantitative estimate of drug-likeness (QED) is 0.401. The zero-order valence-electron chi connectivity index (χ0n) is 19.6.